The minimum atomic E-state index is 0.267. The quantitative estimate of drug-likeness (QED) is 0.312. The van der Waals surface area contributed by atoms with Gasteiger partial charge in [-0.1, -0.05) is 0 Å². The summed E-state index contributed by atoms with van der Waals surface area (Å²) < 4.78 is 10.1. The molecule has 0 aliphatic heterocycles. The van der Waals surface area contributed by atoms with Crippen LogP contribution in [-0.2, 0) is 9.47 Å². The van der Waals surface area contributed by atoms with E-state index in [4.69, 9.17) is 20.6 Å². The number of amidine groups is 1. The van der Waals surface area contributed by atoms with Crippen molar-refractivity contribution in [2.45, 2.75) is 19.3 Å². The van der Waals surface area contributed by atoms with Crippen LogP contribution in [0.4, 0.5) is 0 Å². The maximum absolute atomic E-state index is 7.16. The van der Waals surface area contributed by atoms with Gasteiger partial charge < -0.3 is 20.1 Å². The molecule has 0 spiro atoms. The summed E-state index contributed by atoms with van der Waals surface area (Å²) in [6, 6.07) is 0. The summed E-state index contributed by atoms with van der Waals surface area (Å²) in [5.41, 5.74) is 5.32. The number of nitrogens with two attached hydrogens (primary N) is 1. The van der Waals surface area contributed by atoms with Crippen molar-refractivity contribution in [1.29, 1.82) is 5.41 Å². The van der Waals surface area contributed by atoms with Crippen LogP contribution in [0.5, 0.6) is 0 Å². The number of nitrogens with one attached hydrogen (secondary N) is 1. The van der Waals surface area contributed by atoms with Crippen LogP contribution in [0, 0.1) is 5.41 Å². The first-order valence-electron chi connectivity index (χ1n) is 5.73. The maximum Gasteiger partial charge on any atom is 0.0905 e. The Balaban J connectivity index is 3.66. The summed E-state index contributed by atoms with van der Waals surface area (Å²) in [6.07, 6.45) is 2.64. The zero-order valence-electron chi connectivity index (χ0n) is 10.5. The molecule has 0 aromatic carbocycles. The average Bonchev–Trinajstić information content (AvgIpc) is 2.25. The van der Waals surface area contributed by atoms with Crippen LogP contribution < -0.4 is 5.73 Å². The molecule has 0 aliphatic carbocycles. The van der Waals surface area contributed by atoms with E-state index in [0.29, 0.717) is 6.42 Å². The molecule has 0 radical (unpaired) electrons. The van der Waals surface area contributed by atoms with Gasteiger partial charge in [0, 0.05) is 40.3 Å². The van der Waals surface area contributed by atoms with Gasteiger partial charge in [0.1, 0.15) is 0 Å². The topological polar surface area (TPSA) is 71.6 Å². The molecular weight excluding hydrogens is 206 g/mol. The molecule has 0 rings (SSSR count). The van der Waals surface area contributed by atoms with Gasteiger partial charge in [0.25, 0.3) is 0 Å². The van der Waals surface area contributed by atoms with Gasteiger partial charge in [-0.3, -0.25) is 5.41 Å². The van der Waals surface area contributed by atoms with Gasteiger partial charge in [0.2, 0.25) is 0 Å². The predicted molar refractivity (Wildman–Crippen MR) is 66.0 cm³/mol. The summed E-state index contributed by atoms with van der Waals surface area (Å²) in [7, 11) is 3.43. The SMILES string of the molecule is COCCCN(CCCC(=N)N)CCOC. The summed E-state index contributed by atoms with van der Waals surface area (Å²) in [5, 5.41) is 7.16. The van der Waals surface area contributed by atoms with Crippen molar-refractivity contribution in [3.8, 4) is 0 Å². The number of rotatable bonds is 11. The molecule has 0 saturated carbocycles. The van der Waals surface area contributed by atoms with Gasteiger partial charge in [0.05, 0.1) is 12.4 Å². The van der Waals surface area contributed by atoms with Crippen molar-refractivity contribution >= 4 is 5.84 Å². The van der Waals surface area contributed by atoms with E-state index in [-0.39, 0.29) is 5.84 Å². The van der Waals surface area contributed by atoms with Crippen molar-refractivity contribution in [2.24, 2.45) is 5.73 Å². The van der Waals surface area contributed by atoms with Crippen molar-refractivity contribution in [1.82, 2.24) is 4.90 Å². The van der Waals surface area contributed by atoms with Crippen LogP contribution >= 0.6 is 0 Å². The molecule has 5 nitrogen and oxygen atoms in total. The minimum absolute atomic E-state index is 0.267. The fourth-order valence-electron chi connectivity index (χ4n) is 1.48. The van der Waals surface area contributed by atoms with E-state index in [2.05, 4.69) is 4.90 Å². The molecule has 0 bridgehead atoms. The van der Waals surface area contributed by atoms with E-state index in [1.807, 2.05) is 0 Å². The zero-order chi connectivity index (χ0) is 12.2. The lowest BCUT2D eigenvalue weighted by molar-refractivity contribution is 0.132. The second kappa shape index (κ2) is 10.9. The van der Waals surface area contributed by atoms with Gasteiger partial charge in [0.15, 0.2) is 0 Å². The van der Waals surface area contributed by atoms with Crippen LogP contribution in [0.25, 0.3) is 0 Å². The monoisotopic (exact) mass is 231 g/mol. The fraction of sp³-hybridized carbons (Fsp3) is 0.909. The molecule has 5 heteroatoms. The molecule has 0 fully saturated rings. The van der Waals surface area contributed by atoms with Crippen molar-refractivity contribution < 1.29 is 9.47 Å². The van der Waals surface area contributed by atoms with Crippen molar-refractivity contribution in [3.05, 3.63) is 0 Å². The summed E-state index contributed by atoms with van der Waals surface area (Å²) in [5.74, 6) is 0.267. The largest absolute Gasteiger partial charge is 0.388 e. The Morgan fingerprint density at radius 3 is 2.25 bits per heavy atom. The molecule has 0 atom stereocenters. The Morgan fingerprint density at radius 2 is 1.69 bits per heavy atom. The lowest BCUT2D eigenvalue weighted by Gasteiger charge is -2.21. The van der Waals surface area contributed by atoms with Crippen LogP contribution in [-0.4, -0.2) is 57.8 Å². The third kappa shape index (κ3) is 9.89. The third-order valence-corrected chi connectivity index (χ3v) is 2.35. The van der Waals surface area contributed by atoms with Gasteiger partial charge in [-0.2, -0.15) is 0 Å². The van der Waals surface area contributed by atoms with E-state index in [1.54, 1.807) is 14.2 Å². The van der Waals surface area contributed by atoms with Crippen LogP contribution in [0.2, 0.25) is 0 Å². The van der Waals surface area contributed by atoms with E-state index in [0.717, 1.165) is 45.7 Å². The smallest absolute Gasteiger partial charge is 0.0905 e. The number of hydrogen-bond donors (Lipinski definition) is 2. The molecule has 96 valence electrons. The number of methoxy groups -OCH3 is 2. The zero-order valence-corrected chi connectivity index (χ0v) is 10.5. The van der Waals surface area contributed by atoms with Crippen LogP contribution in [0.3, 0.4) is 0 Å². The highest BCUT2D eigenvalue weighted by atomic mass is 16.5. The lowest BCUT2D eigenvalue weighted by atomic mass is 10.2. The number of hydrogen-bond acceptors (Lipinski definition) is 4. The number of nitrogens with zero attached hydrogens (tertiary/aromatic N) is 1. The standard InChI is InChI=1S/C11H25N3O2/c1-15-9-4-7-14(8-10-16-2)6-3-5-11(12)13/h3-10H2,1-2H3,(H3,12,13). The molecule has 0 aliphatic rings. The first-order chi connectivity index (χ1) is 7.70. The molecule has 0 amide bonds. The van der Waals surface area contributed by atoms with E-state index in [1.165, 1.54) is 0 Å². The normalized spacial score (nSPS) is 10.9. The molecule has 0 saturated heterocycles. The first-order valence-corrected chi connectivity index (χ1v) is 5.73. The molecule has 0 unspecified atom stereocenters. The lowest BCUT2D eigenvalue weighted by Crippen LogP contribution is -2.30. The highest BCUT2D eigenvalue weighted by molar-refractivity contribution is 5.76. The predicted octanol–water partition coefficient (Wildman–Crippen LogP) is 0.687. The second-order valence-corrected chi connectivity index (χ2v) is 3.81. The summed E-state index contributed by atoms with van der Waals surface area (Å²) >= 11 is 0. The summed E-state index contributed by atoms with van der Waals surface area (Å²) in [4.78, 5) is 2.32. The number of ether oxygens (including phenoxy) is 2. The average molecular weight is 231 g/mol. The Kier molecular flexibility index (Phi) is 10.4. The Bertz CT molecular complexity index is 177. The Morgan fingerprint density at radius 1 is 1.06 bits per heavy atom. The highest BCUT2D eigenvalue weighted by Gasteiger charge is 2.04. The van der Waals surface area contributed by atoms with Crippen molar-refractivity contribution in [3.63, 3.8) is 0 Å². The van der Waals surface area contributed by atoms with E-state index >= 15 is 0 Å². The van der Waals surface area contributed by atoms with Crippen LogP contribution in [0.1, 0.15) is 19.3 Å². The molecular formula is C11H25N3O2. The van der Waals surface area contributed by atoms with E-state index < -0.39 is 0 Å². The molecule has 0 aromatic heterocycles. The maximum atomic E-state index is 7.16. The summed E-state index contributed by atoms with van der Waals surface area (Å²) in [6.45, 7) is 4.43. The molecule has 0 aromatic rings. The second-order valence-electron chi connectivity index (χ2n) is 3.81. The third-order valence-electron chi connectivity index (χ3n) is 2.35. The van der Waals surface area contributed by atoms with Crippen molar-refractivity contribution in [2.75, 3.05) is 47.1 Å². The van der Waals surface area contributed by atoms with Gasteiger partial charge >= 0.3 is 0 Å². The van der Waals surface area contributed by atoms with Gasteiger partial charge in [-0.05, 0) is 19.4 Å². The Labute approximate surface area is 98.4 Å². The molecule has 0 heterocycles. The Hall–Kier alpha value is -0.650. The highest BCUT2D eigenvalue weighted by Crippen LogP contribution is 1.97. The molecule has 3 N–H and O–H groups in total. The fourth-order valence-corrected chi connectivity index (χ4v) is 1.48. The van der Waals surface area contributed by atoms with E-state index in [9.17, 15) is 0 Å². The van der Waals surface area contributed by atoms with Gasteiger partial charge in [-0.15, -0.1) is 0 Å². The van der Waals surface area contributed by atoms with Crippen LogP contribution in [0.15, 0.2) is 0 Å². The molecule has 16 heavy (non-hydrogen) atoms. The first kappa shape index (κ1) is 15.3. The van der Waals surface area contributed by atoms with Gasteiger partial charge in [-0.25, -0.2) is 0 Å². The minimum Gasteiger partial charge on any atom is -0.388 e.